The summed E-state index contributed by atoms with van der Waals surface area (Å²) >= 11 is 0. The first-order valence-electron chi connectivity index (χ1n) is 12.5. The molecule has 0 saturated heterocycles. The van der Waals surface area contributed by atoms with Crippen molar-refractivity contribution in [3.05, 3.63) is 64.7 Å². The molecule has 0 aromatic heterocycles. The lowest BCUT2D eigenvalue weighted by Gasteiger charge is -2.26. The Hall–Kier alpha value is -3.68. The number of hydrogen-bond acceptors (Lipinski definition) is 6. The van der Waals surface area contributed by atoms with Crippen molar-refractivity contribution in [1.29, 1.82) is 5.41 Å². The van der Waals surface area contributed by atoms with Crippen LogP contribution in [-0.2, 0) is 27.1 Å². The van der Waals surface area contributed by atoms with Gasteiger partial charge in [-0.05, 0) is 102 Å². The van der Waals surface area contributed by atoms with Gasteiger partial charge in [-0.3, -0.25) is 20.3 Å². The van der Waals surface area contributed by atoms with Gasteiger partial charge in [-0.1, -0.05) is 18.2 Å². The number of hydrogen-bond donors (Lipinski definition) is 3. The maximum Gasteiger partial charge on any atom is 0.413 e. The van der Waals surface area contributed by atoms with Crippen molar-refractivity contribution in [2.45, 2.75) is 78.4 Å². The van der Waals surface area contributed by atoms with Gasteiger partial charge in [-0.2, -0.15) is 0 Å². The summed E-state index contributed by atoms with van der Waals surface area (Å²) in [4.78, 5) is 36.9. The molecule has 2 aromatic rings. The van der Waals surface area contributed by atoms with Crippen LogP contribution in [-0.4, -0.2) is 35.0 Å². The number of amidine groups is 1. The van der Waals surface area contributed by atoms with E-state index >= 15 is 0 Å². The van der Waals surface area contributed by atoms with E-state index in [0.29, 0.717) is 23.2 Å². The topological polar surface area (TPSA) is 118 Å². The second kappa shape index (κ2) is 11.2. The first-order chi connectivity index (χ1) is 17.2. The van der Waals surface area contributed by atoms with E-state index in [1.807, 2.05) is 39.0 Å². The van der Waals surface area contributed by atoms with Crippen molar-refractivity contribution >= 4 is 29.5 Å². The average molecular weight is 508 g/mol. The van der Waals surface area contributed by atoms with Gasteiger partial charge >= 0.3 is 12.1 Å². The van der Waals surface area contributed by atoms with Crippen molar-refractivity contribution in [2.75, 3.05) is 5.32 Å². The molecule has 0 fully saturated rings. The summed E-state index contributed by atoms with van der Waals surface area (Å²) in [5.41, 5.74) is 2.83. The molecule has 198 valence electrons. The van der Waals surface area contributed by atoms with E-state index in [1.165, 1.54) is 11.1 Å². The molecule has 8 heteroatoms. The van der Waals surface area contributed by atoms with Crippen LogP contribution in [0, 0.1) is 11.3 Å². The highest BCUT2D eigenvalue weighted by atomic mass is 16.6. The Morgan fingerprint density at radius 2 is 1.51 bits per heavy atom. The lowest BCUT2D eigenvalue weighted by molar-refractivity contribution is -0.156. The van der Waals surface area contributed by atoms with Crippen LogP contribution in [0.4, 0.5) is 10.5 Å². The van der Waals surface area contributed by atoms with Crippen LogP contribution in [0.15, 0.2) is 42.5 Å². The normalized spacial score (nSPS) is 15.2. The predicted octanol–water partition coefficient (Wildman–Crippen LogP) is 5.63. The zero-order chi connectivity index (χ0) is 27.4. The highest BCUT2D eigenvalue weighted by Crippen LogP contribution is 2.30. The maximum absolute atomic E-state index is 12.8. The Kier molecular flexibility index (Phi) is 8.41. The third kappa shape index (κ3) is 8.74. The number of fused-ring (bicyclic) bond motifs is 1. The summed E-state index contributed by atoms with van der Waals surface area (Å²) in [6.45, 7) is 10.9. The molecule has 3 rings (SSSR count). The number of ether oxygens (including phenoxy) is 2. The number of alkyl carbamates (subject to hydrolysis) is 1. The van der Waals surface area contributed by atoms with Crippen molar-refractivity contribution in [3.63, 3.8) is 0 Å². The second-order valence-electron chi connectivity index (χ2n) is 11.4. The lowest BCUT2D eigenvalue weighted by atomic mass is 9.82. The van der Waals surface area contributed by atoms with Gasteiger partial charge in [0.25, 0.3) is 5.91 Å². The fourth-order valence-electron chi connectivity index (χ4n) is 4.17. The summed E-state index contributed by atoms with van der Waals surface area (Å²) in [7, 11) is 0. The molecular weight excluding hydrogens is 470 g/mol. The third-order valence-electron chi connectivity index (χ3n) is 5.73. The zero-order valence-corrected chi connectivity index (χ0v) is 22.5. The van der Waals surface area contributed by atoms with Gasteiger partial charge in [0.15, 0.2) is 0 Å². The Morgan fingerprint density at radius 1 is 0.892 bits per heavy atom. The molecule has 0 bridgehead atoms. The van der Waals surface area contributed by atoms with E-state index in [0.717, 1.165) is 19.3 Å². The van der Waals surface area contributed by atoms with E-state index in [1.54, 1.807) is 45.0 Å². The minimum atomic E-state index is -0.706. The van der Waals surface area contributed by atoms with Crippen LogP contribution < -0.4 is 10.6 Å². The summed E-state index contributed by atoms with van der Waals surface area (Å²) in [6, 6.07) is 12.3. The molecule has 1 aliphatic carbocycles. The Labute approximate surface area is 218 Å². The van der Waals surface area contributed by atoms with E-state index < -0.39 is 17.3 Å². The predicted molar refractivity (Wildman–Crippen MR) is 143 cm³/mol. The number of nitrogens with one attached hydrogen (secondary N) is 3. The van der Waals surface area contributed by atoms with E-state index in [2.05, 4.69) is 10.6 Å². The summed E-state index contributed by atoms with van der Waals surface area (Å²) in [5.74, 6) is -0.283. The molecule has 0 saturated carbocycles. The third-order valence-corrected chi connectivity index (χ3v) is 5.73. The number of carbonyl (C=O) groups excluding carboxylic acids is 3. The smallest absolute Gasteiger partial charge is 0.413 e. The molecule has 37 heavy (non-hydrogen) atoms. The standard InChI is InChI=1S/C29H37N3O5/c1-28(2,3)36-24(33)16-18-7-8-22-17-23(14-13-21(22)15-18)31-26(34)20-11-9-19(10-12-20)25(30)32-27(35)37-29(4,5)6/h9-14,17-18H,7-8,15-16H2,1-6H3,(H,31,34)(H2,30,32,35). The Bertz CT molecular complexity index is 1170. The van der Waals surface area contributed by atoms with Crippen LogP contribution in [0.5, 0.6) is 0 Å². The number of anilines is 1. The molecule has 1 atom stereocenters. The number of benzene rings is 2. The molecule has 2 amide bonds. The van der Waals surface area contributed by atoms with Crippen LogP contribution >= 0.6 is 0 Å². The number of rotatable bonds is 5. The molecule has 0 radical (unpaired) electrons. The van der Waals surface area contributed by atoms with Gasteiger partial charge in [-0.15, -0.1) is 0 Å². The monoisotopic (exact) mass is 507 g/mol. The Balaban J connectivity index is 1.56. The molecule has 1 aliphatic rings. The summed E-state index contributed by atoms with van der Waals surface area (Å²) < 4.78 is 10.6. The van der Waals surface area contributed by atoms with Crippen LogP contribution in [0.2, 0.25) is 0 Å². The highest BCUT2D eigenvalue weighted by Gasteiger charge is 2.25. The van der Waals surface area contributed by atoms with Crippen molar-refractivity contribution in [2.24, 2.45) is 5.92 Å². The average Bonchev–Trinajstić information content (AvgIpc) is 2.76. The van der Waals surface area contributed by atoms with Gasteiger partial charge in [0.1, 0.15) is 17.0 Å². The van der Waals surface area contributed by atoms with Gasteiger partial charge in [-0.25, -0.2) is 4.79 Å². The maximum atomic E-state index is 12.8. The van der Waals surface area contributed by atoms with Gasteiger partial charge in [0.2, 0.25) is 0 Å². The fraction of sp³-hybridized carbons (Fsp3) is 0.448. The molecule has 8 nitrogen and oxygen atoms in total. The zero-order valence-electron chi connectivity index (χ0n) is 22.5. The molecule has 2 aromatic carbocycles. The molecule has 1 unspecified atom stereocenters. The van der Waals surface area contributed by atoms with Gasteiger partial charge in [0, 0.05) is 23.2 Å². The summed E-state index contributed by atoms with van der Waals surface area (Å²) in [5, 5.41) is 13.4. The van der Waals surface area contributed by atoms with Gasteiger partial charge < -0.3 is 14.8 Å². The number of amides is 2. The summed E-state index contributed by atoms with van der Waals surface area (Å²) in [6.07, 6.45) is 2.26. The second-order valence-corrected chi connectivity index (χ2v) is 11.4. The van der Waals surface area contributed by atoms with Crippen LogP contribution in [0.25, 0.3) is 0 Å². The minimum absolute atomic E-state index is 0.110. The number of aryl methyl sites for hydroxylation is 1. The molecule has 0 spiro atoms. The lowest BCUT2D eigenvalue weighted by Crippen LogP contribution is -2.36. The largest absolute Gasteiger partial charge is 0.460 e. The highest BCUT2D eigenvalue weighted by molar-refractivity contribution is 6.07. The number of esters is 1. The van der Waals surface area contributed by atoms with E-state index in [4.69, 9.17) is 14.9 Å². The van der Waals surface area contributed by atoms with Crippen molar-refractivity contribution < 1.29 is 23.9 Å². The quantitative estimate of drug-likeness (QED) is 0.276. The molecule has 0 heterocycles. The fourth-order valence-corrected chi connectivity index (χ4v) is 4.17. The SMILES string of the molecule is CC(C)(C)OC(=O)CC1CCc2cc(NC(=O)c3ccc(C(=N)NC(=O)OC(C)(C)C)cc3)ccc2C1. The molecule has 3 N–H and O–H groups in total. The van der Waals surface area contributed by atoms with Crippen LogP contribution in [0.3, 0.4) is 0 Å². The first kappa shape index (κ1) is 27.9. The Morgan fingerprint density at radius 3 is 2.14 bits per heavy atom. The number of carbonyl (C=O) groups is 3. The molecule has 0 aliphatic heterocycles. The van der Waals surface area contributed by atoms with E-state index in [-0.39, 0.29) is 23.6 Å². The van der Waals surface area contributed by atoms with Crippen molar-refractivity contribution in [3.8, 4) is 0 Å². The first-order valence-corrected chi connectivity index (χ1v) is 12.5. The minimum Gasteiger partial charge on any atom is -0.460 e. The molecular formula is C29H37N3O5. The van der Waals surface area contributed by atoms with Gasteiger partial charge in [0.05, 0.1) is 0 Å². The van der Waals surface area contributed by atoms with E-state index in [9.17, 15) is 14.4 Å². The van der Waals surface area contributed by atoms with Crippen molar-refractivity contribution in [1.82, 2.24) is 5.32 Å². The van der Waals surface area contributed by atoms with Crippen LogP contribution in [0.1, 0.15) is 81.4 Å².